The summed E-state index contributed by atoms with van der Waals surface area (Å²) in [5.74, 6) is 0.941. The summed E-state index contributed by atoms with van der Waals surface area (Å²) < 4.78 is 0. The van der Waals surface area contributed by atoms with E-state index in [0.717, 1.165) is 32.0 Å². The quantitative estimate of drug-likeness (QED) is 0.621. The third-order valence-electron chi connectivity index (χ3n) is 3.56. The SMILES string of the molecule is CC(C)(C)N1CCN(c2cccc(C(=N)N)n2)CC1. The first-order valence-corrected chi connectivity index (χ1v) is 6.69. The molecule has 0 atom stereocenters. The van der Waals surface area contributed by atoms with Crippen LogP contribution in [-0.4, -0.2) is 47.4 Å². The lowest BCUT2D eigenvalue weighted by Crippen LogP contribution is -2.53. The van der Waals surface area contributed by atoms with Crippen LogP contribution in [0.2, 0.25) is 0 Å². The fourth-order valence-electron chi connectivity index (χ4n) is 2.36. The average Bonchev–Trinajstić information content (AvgIpc) is 2.38. The fraction of sp³-hybridized carbons (Fsp3) is 0.571. The summed E-state index contributed by atoms with van der Waals surface area (Å²) >= 11 is 0. The van der Waals surface area contributed by atoms with Gasteiger partial charge in [0, 0.05) is 31.7 Å². The lowest BCUT2D eigenvalue weighted by atomic mass is 10.1. The first-order valence-electron chi connectivity index (χ1n) is 6.69. The predicted octanol–water partition coefficient (Wildman–Crippen LogP) is 1.29. The van der Waals surface area contributed by atoms with Crippen LogP contribution in [0.25, 0.3) is 0 Å². The van der Waals surface area contributed by atoms with Gasteiger partial charge in [0.05, 0.1) is 0 Å². The number of nitrogens with two attached hydrogens (primary N) is 1. The first kappa shape index (κ1) is 13.8. The Labute approximate surface area is 114 Å². The third kappa shape index (κ3) is 3.23. The summed E-state index contributed by atoms with van der Waals surface area (Å²) in [6.07, 6.45) is 0. The molecule has 1 aliphatic rings. The zero-order valence-electron chi connectivity index (χ0n) is 12.0. The standard InChI is InChI=1S/C14H23N5/c1-14(2,3)19-9-7-18(8-10-19)12-6-4-5-11(17-12)13(15)16/h4-6H,7-10H2,1-3H3,(H3,15,16). The van der Waals surface area contributed by atoms with Crippen molar-refractivity contribution >= 4 is 11.7 Å². The van der Waals surface area contributed by atoms with Crippen molar-refractivity contribution in [2.24, 2.45) is 5.73 Å². The minimum Gasteiger partial charge on any atom is -0.382 e. The zero-order chi connectivity index (χ0) is 14.0. The number of hydrogen-bond donors (Lipinski definition) is 2. The number of amidine groups is 1. The molecule has 1 aromatic rings. The number of nitrogens with one attached hydrogen (secondary N) is 1. The second-order valence-corrected chi connectivity index (χ2v) is 5.94. The van der Waals surface area contributed by atoms with Crippen LogP contribution in [-0.2, 0) is 0 Å². The molecule has 5 heteroatoms. The lowest BCUT2D eigenvalue weighted by Gasteiger charge is -2.42. The van der Waals surface area contributed by atoms with E-state index < -0.39 is 0 Å². The van der Waals surface area contributed by atoms with Crippen molar-refractivity contribution in [2.45, 2.75) is 26.3 Å². The van der Waals surface area contributed by atoms with Gasteiger partial charge < -0.3 is 10.6 Å². The van der Waals surface area contributed by atoms with E-state index in [1.807, 2.05) is 12.1 Å². The molecule has 0 bridgehead atoms. The number of rotatable bonds is 2. The molecule has 5 nitrogen and oxygen atoms in total. The van der Waals surface area contributed by atoms with E-state index in [1.165, 1.54) is 0 Å². The molecule has 19 heavy (non-hydrogen) atoms. The minimum absolute atomic E-state index is 0.0233. The highest BCUT2D eigenvalue weighted by molar-refractivity contribution is 5.93. The summed E-state index contributed by atoms with van der Waals surface area (Å²) in [7, 11) is 0. The van der Waals surface area contributed by atoms with Crippen molar-refractivity contribution in [1.82, 2.24) is 9.88 Å². The van der Waals surface area contributed by atoms with Crippen LogP contribution in [0.15, 0.2) is 18.2 Å². The van der Waals surface area contributed by atoms with Gasteiger partial charge in [-0.3, -0.25) is 10.3 Å². The maximum Gasteiger partial charge on any atom is 0.141 e. The van der Waals surface area contributed by atoms with Crippen molar-refractivity contribution in [3.63, 3.8) is 0 Å². The van der Waals surface area contributed by atoms with Crippen LogP contribution in [0.1, 0.15) is 26.5 Å². The van der Waals surface area contributed by atoms with Gasteiger partial charge in [-0.2, -0.15) is 0 Å². The van der Waals surface area contributed by atoms with Gasteiger partial charge in [0.15, 0.2) is 0 Å². The van der Waals surface area contributed by atoms with Crippen LogP contribution in [0.3, 0.4) is 0 Å². The van der Waals surface area contributed by atoms with E-state index in [-0.39, 0.29) is 11.4 Å². The molecule has 0 aromatic carbocycles. The summed E-state index contributed by atoms with van der Waals surface area (Å²) in [6.45, 7) is 10.7. The van der Waals surface area contributed by atoms with Crippen molar-refractivity contribution in [3.05, 3.63) is 23.9 Å². The number of nitrogen functional groups attached to an aromatic ring is 1. The number of hydrogen-bond acceptors (Lipinski definition) is 4. The van der Waals surface area contributed by atoms with Crippen LogP contribution >= 0.6 is 0 Å². The molecule has 1 aromatic heterocycles. The maximum atomic E-state index is 7.45. The number of anilines is 1. The van der Waals surface area contributed by atoms with E-state index in [9.17, 15) is 0 Å². The fourth-order valence-corrected chi connectivity index (χ4v) is 2.36. The third-order valence-corrected chi connectivity index (χ3v) is 3.56. The molecule has 2 heterocycles. The van der Waals surface area contributed by atoms with Gasteiger partial charge in [0.1, 0.15) is 17.3 Å². The average molecular weight is 261 g/mol. The van der Waals surface area contributed by atoms with Crippen LogP contribution in [0, 0.1) is 5.41 Å². The monoisotopic (exact) mass is 261 g/mol. The van der Waals surface area contributed by atoms with Gasteiger partial charge in [-0.05, 0) is 32.9 Å². The molecule has 1 aliphatic heterocycles. The molecule has 2 rings (SSSR count). The van der Waals surface area contributed by atoms with Crippen molar-refractivity contribution in [2.75, 3.05) is 31.1 Å². The van der Waals surface area contributed by atoms with Gasteiger partial charge >= 0.3 is 0 Å². The lowest BCUT2D eigenvalue weighted by molar-refractivity contribution is 0.128. The molecule has 0 unspecified atom stereocenters. The second-order valence-electron chi connectivity index (χ2n) is 5.94. The van der Waals surface area contributed by atoms with Crippen LogP contribution in [0.5, 0.6) is 0 Å². The molecular weight excluding hydrogens is 238 g/mol. The molecule has 3 N–H and O–H groups in total. The van der Waals surface area contributed by atoms with Crippen molar-refractivity contribution < 1.29 is 0 Å². The van der Waals surface area contributed by atoms with Gasteiger partial charge in [-0.25, -0.2) is 4.98 Å². The predicted molar refractivity (Wildman–Crippen MR) is 78.8 cm³/mol. The highest BCUT2D eigenvalue weighted by Crippen LogP contribution is 2.19. The Balaban J connectivity index is 2.05. The highest BCUT2D eigenvalue weighted by atomic mass is 15.3. The van der Waals surface area contributed by atoms with E-state index in [0.29, 0.717) is 5.69 Å². The summed E-state index contributed by atoms with van der Waals surface area (Å²) in [5, 5.41) is 7.45. The zero-order valence-corrected chi connectivity index (χ0v) is 12.0. The molecule has 0 aliphatic carbocycles. The molecule has 0 radical (unpaired) electrons. The minimum atomic E-state index is 0.0233. The molecule has 0 spiro atoms. The Hall–Kier alpha value is -1.62. The number of piperazine rings is 1. The Kier molecular flexibility index (Phi) is 3.75. The van der Waals surface area contributed by atoms with E-state index in [4.69, 9.17) is 11.1 Å². The summed E-state index contributed by atoms with van der Waals surface area (Å²) in [6, 6.07) is 5.67. The van der Waals surface area contributed by atoms with E-state index >= 15 is 0 Å². The molecule has 1 saturated heterocycles. The van der Waals surface area contributed by atoms with Gasteiger partial charge in [-0.1, -0.05) is 6.07 Å². The molecule has 1 fully saturated rings. The second kappa shape index (κ2) is 5.17. The maximum absolute atomic E-state index is 7.45. The summed E-state index contributed by atoms with van der Waals surface area (Å²) in [5.41, 5.74) is 6.26. The van der Waals surface area contributed by atoms with Crippen molar-refractivity contribution in [3.8, 4) is 0 Å². The van der Waals surface area contributed by atoms with Gasteiger partial charge in [-0.15, -0.1) is 0 Å². The van der Waals surface area contributed by atoms with Crippen LogP contribution in [0.4, 0.5) is 5.82 Å². The molecule has 0 saturated carbocycles. The number of nitrogens with zero attached hydrogens (tertiary/aromatic N) is 3. The van der Waals surface area contributed by atoms with E-state index in [1.54, 1.807) is 6.07 Å². The van der Waals surface area contributed by atoms with E-state index in [2.05, 4.69) is 35.6 Å². The van der Waals surface area contributed by atoms with Crippen LogP contribution < -0.4 is 10.6 Å². The highest BCUT2D eigenvalue weighted by Gasteiger charge is 2.26. The Morgan fingerprint density at radius 2 is 1.84 bits per heavy atom. The normalized spacial score (nSPS) is 17.5. The smallest absolute Gasteiger partial charge is 0.141 e. The number of aromatic nitrogens is 1. The Bertz CT molecular complexity index is 455. The summed E-state index contributed by atoms with van der Waals surface area (Å²) in [4.78, 5) is 9.18. The number of pyridine rings is 1. The largest absolute Gasteiger partial charge is 0.382 e. The Morgan fingerprint density at radius 3 is 2.37 bits per heavy atom. The molecular formula is C14H23N5. The first-order chi connectivity index (χ1) is 8.88. The Morgan fingerprint density at radius 1 is 1.21 bits per heavy atom. The van der Waals surface area contributed by atoms with Gasteiger partial charge in [0.2, 0.25) is 0 Å². The van der Waals surface area contributed by atoms with Crippen molar-refractivity contribution in [1.29, 1.82) is 5.41 Å². The molecule has 104 valence electrons. The van der Waals surface area contributed by atoms with Gasteiger partial charge in [0.25, 0.3) is 0 Å². The molecule has 0 amide bonds. The topological polar surface area (TPSA) is 69.2 Å².